The lowest BCUT2D eigenvalue weighted by atomic mass is 9.82. The van der Waals surface area contributed by atoms with Gasteiger partial charge in [0.25, 0.3) is 0 Å². The van der Waals surface area contributed by atoms with Crippen LogP contribution >= 0.6 is 0 Å². The quantitative estimate of drug-likeness (QED) is 0.282. The fourth-order valence-corrected chi connectivity index (χ4v) is 5.69. The number of para-hydroxylation sites is 1. The van der Waals surface area contributed by atoms with E-state index in [0.29, 0.717) is 25.0 Å². The Labute approximate surface area is 196 Å². The number of nitrogen functional groups attached to an aromatic ring is 1. The number of nitrogens with zero attached hydrogens (tertiary/aromatic N) is 2. The van der Waals surface area contributed by atoms with E-state index in [2.05, 4.69) is 17.2 Å². The Hall–Kier alpha value is -2.79. The van der Waals surface area contributed by atoms with E-state index in [9.17, 15) is 4.79 Å². The zero-order valence-electron chi connectivity index (χ0n) is 19.4. The van der Waals surface area contributed by atoms with Gasteiger partial charge < -0.3 is 15.5 Å². The molecule has 0 aliphatic carbocycles. The van der Waals surface area contributed by atoms with Crippen molar-refractivity contribution in [3.63, 3.8) is 0 Å². The van der Waals surface area contributed by atoms with Gasteiger partial charge in [0.05, 0.1) is 12.1 Å². The lowest BCUT2D eigenvalue weighted by Gasteiger charge is -2.42. The maximum Gasteiger partial charge on any atom is 0.162 e. The van der Waals surface area contributed by atoms with E-state index in [1.165, 1.54) is 50.8 Å². The number of Topliss-reactive ketones (excluding diaryl/α,β-unsaturated/α-hetero) is 1. The molecule has 2 unspecified atom stereocenters. The van der Waals surface area contributed by atoms with Crippen LogP contribution in [-0.4, -0.2) is 41.1 Å². The SMILES string of the molecule is Nn1cc(C2CCN3CCCCC3C2)c2cc(C(=O)CCCCOc3ccccc3)ccc21. The van der Waals surface area contributed by atoms with Gasteiger partial charge in [-0.3, -0.25) is 9.47 Å². The average molecular weight is 446 g/mol. The standard InChI is InChI=1S/C28H35N3O2/c29-31-20-26(21-14-16-30-15-6-4-8-23(30)18-21)25-19-22(12-13-27(25)31)28(32)11-5-7-17-33-24-9-2-1-3-10-24/h1-3,9-10,12-13,19-21,23H,4-8,11,14-18,29H2. The highest BCUT2D eigenvalue weighted by Crippen LogP contribution is 2.39. The van der Waals surface area contributed by atoms with Crippen LogP contribution in [0.15, 0.2) is 54.7 Å². The van der Waals surface area contributed by atoms with Gasteiger partial charge in [0.2, 0.25) is 0 Å². The molecular weight excluding hydrogens is 410 g/mol. The van der Waals surface area contributed by atoms with Gasteiger partial charge in [0.1, 0.15) is 5.75 Å². The summed E-state index contributed by atoms with van der Waals surface area (Å²) in [6, 6.07) is 16.6. The van der Waals surface area contributed by atoms with Crippen molar-refractivity contribution in [2.24, 2.45) is 0 Å². The third kappa shape index (κ3) is 4.93. The van der Waals surface area contributed by atoms with Gasteiger partial charge in [-0.1, -0.05) is 24.6 Å². The normalized spacial score (nSPS) is 21.1. The van der Waals surface area contributed by atoms with Crippen LogP contribution in [0.25, 0.3) is 10.9 Å². The predicted molar refractivity (Wildman–Crippen MR) is 133 cm³/mol. The molecule has 0 spiro atoms. The number of carbonyl (C=O) groups is 1. The van der Waals surface area contributed by atoms with Crippen molar-refractivity contribution in [1.82, 2.24) is 9.58 Å². The van der Waals surface area contributed by atoms with Gasteiger partial charge in [-0.25, -0.2) is 0 Å². The van der Waals surface area contributed by atoms with Gasteiger partial charge >= 0.3 is 0 Å². The van der Waals surface area contributed by atoms with Crippen LogP contribution < -0.4 is 10.6 Å². The molecule has 1 aromatic heterocycles. The molecule has 0 bridgehead atoms. The summed E-state index contributed by atoms with van der Waals surface area (Å²) in [7, 11) is 0. The first-order valence-electron chi connectivity index (χ1n) is 12.5. The van der Waals surface area contributed by atoms with Crippen LogP contribution in [0.3, 0.4) is 0 Å². The second-order valence-electron chi connectivity index (χ2n) is 9.67. The van der Waals surface area contributed by atoms with E-state index < -0.39 is 0 Å². The Kier molecular flexibility index (Phi) is 6.68. The zero-order valence-corrected chi connectivity index (χ0v) is 19.4. The van der Waals surface area contributed by atoms with Crippen molar-refractivity contribution in [2.75, 3.05) is 25.5 Å². The average Bonchev–Trinajstić information content (AvgIpc) is 3.20. The first-order chi connectivity index (χ1) is 16.2. The van der Waals surface area contributed by atoms with Crippen LogP contribution in [-0.2, 0) is 0 Å². The Balaban J connectivity index is 1.22. The third-order valence-corrected chi connectivity index (χ3v) is 7.51. The highest BCUT2D eigenvalue weighted by atomic mass is 16.5. The number of ether oxygens (including phenoxy) is 1. The monoisotopic (exact) mass is 445 g/mol. The van der Waals surface area contributed by atoms with Gasteiger partial charge in [-0.15, -0.1) is 0 Å². The largest absolute Gasteiger partial charge is 0.494 e. The Morgan fingerprint density at radius 2 is 1.91 bits per heavy atom. The lowest BCUT2D eigenvalue weighted by Crippen LogP contribution is -2.44. The van der Waals surface area contributed by atoms with Crippen LogP contribution in [0, 0.1) is 0 Å². The molecule has 0 radical (unpaired) electrons. The highest BCUT2D eigenvalue weighted by molar-refractivity contribution is 6.00. The number of hydrogen-bond acceptors (Lipinski definition) is 4. The van der Waals surface area contributed by atoms with E-state index in [-0.39, 0.29) is 5.78 Å². The zero-order chi connectivity index (χ0) is 22.6. The molecule has 0 saturated carbocycles. The fraction of sp³-hybridized carbons (Fsp3) is 0.464. The minimum atomic E-state index is 0.203. The molecule has 2 fully saturated rings. The van der Waals surface area contributed by atoms with Crippen molar-refractivity contribution in [2.45, 2.75) is 63.3 Å². The number of rotatable bonds is 8. The molecule has 5 rings (SSSR count). The maximum atomic E-state index is 12.9. The summed E-state index contributed by atoms with van der Waals surface area (Å²) in [5, 5.41) is 1.16. The summed E-state index contributed by atoms with van der Waals surface area (Å²) in [6.45, 7) is 3.07. The molecule has 0 amide bonds. The molecule has 2 N–H and O–H groups in total. The number of hydrogen-bond donors (Lipinski definition) is 1. The minimum Gasteiger partial charge on any atom is -0.494 e. The van der Waals surface area contributed by atoms with E-state index >= 15 is 0 Å². The summed E-state index contributed by atoms with van der Waals surface area (Å²) < 4.78 is 7.49. The van der Waals surface area contributed by atoms with Gasteiger partial charge in [-0.2, -0.15) is 0 Å². The van der Waals surface area contributed by atoms with Crippen molar-refractivity contribution in [1.29, 1.82) is 0 Å². The van der Waals surface area contributed by atoms with E-state index in [1.54, 1.807) is 4.68 Å². The fourth-order valence-electron chi connectivity index (χ4n) is 5.69. The highest BCUT2D eigenvalue weighted by Gasteiger charge is 2.32. The van der Waals surface area contributed by atoms with E-state index in [4.69, 9.17) is 10.6 Å². The molecule has 3 heterocycles. The molecule has 5 nitrogen and oxygen atoms in total. The number of fused-ring (bicyclic) bond motifs is 2. The molecule has 174 valence electrons. The summed E-state index contributed by atoms with van der Waals surface area (Å²) in [6.07, 6.45) is 10.7. The molecule has 33 heavy (non-hydrogen) atoms. The maximum absolute atomic E-state index is 12.9. The second-order valence-corrected chi connectivity index (χ2v) is 9.67. The van der Waals surface area contributed by atoms with Crippen LogP contribution in [0.2, 0.25) is 0 Å². The molecule has 2 aliphatic heterocycles. The molecule has 3 aromatic rings. The molecule has 2 atom stereocenters. The minimum absolute atomic E-state index is 0.203. The molecule has 2 saturated heterocycles. The molecular formula is C28H35N3O2. The lowest BCUT2D eigenvalue weighted by molar-refractivity contribution is 0.0974. The van der Waals surface area contributed by atoms with Gasteiger partial charge in [0, 0.05) is 29.6 Å². The summed E-state index contributed by atoms with van der Waals surface area (Å²) >= 11 is 0. The smallest absolute Gasteiger partial charge is 0.162 e. The predicted octanol–water partition coefficient (Wildman–Crippen LogP) is 5.52. The number of unbranched alkanes of at least 4 members (excludes halogenated alkanes) is 1. The van der Waals surface area contributed by atoms with Crippen molar-refractivity contribution >= 4 is 16.7 Å². The summed E-state index contributed by atoms with van der Waals surface area (Å²) in [5.41, 5.74) is 3.14. The van der Waals surface area contributed by atoms with Crippen LogP contribution in [0.5, 0.6) is 5.75 Å². The summed E-state index contributed by atoms with van der Waals surface area (Å²) in [4.78, 5) is 15.6. The van der Waals surface area contributed by atoms with Gasteiger partial charge in [-0.05, 0) is 93.4 Å². The Bertz CT molecular complexity index is 1090. The molecule has 2 aliphatic rings. The molecule has 2 aromatic carbocycles. The Morgan fingerprint density at radius 3 is 2.79 bits per heavy atom. The van der Waals surface area contributed by atoms with Crippen LogP contribution in [0.4, 0.5) is 0 Å². The number of carbonyl (C=O) groups excluding carboxylic acids is 1. The number of benzene rings is 2. The number of piperidine rings is 2. The third-order valence-electron chi connectivity index (χ3n) is 7.51. The number of ketones is 1. The second kappa shape index (κ2) is 10.0. The first kappa shape index (κ1) is 22.0. The first-order valence-corrected chi connectivity index (χ1v) is 12.5. The van der Waals surface area contributed by atoms with Crippen molar-refractivity contribution in [3.8, 4) is 5.75 Å². The van der Waals surface area contributed by atoms with Gasteiger partial charge in [0.15, 0.2) is 5.78 Å². The van der Waals surface area contributed by atoms with E-state index in [1.807, 2.05) is 42.5 Å². The van der Waals surface area contributed by atoms with E-state index in [0.717, 1.165) is 35.1 Å². The topological polar surface area (TPSA) is 60.5 Å². The Morgan fingerprint density at radius 1 is 1.03 bits per heavy atom. The molecule has 5 heteroatoms. The summed E-state index contributed by atoms with van der Waals surface area (Å²) in [5.74, 6) is 7.92. The van der Waals surface area contributed by atoms with Crippen molar-refractivity contribution < 1.29 is 9.53 Å². The van der Waals surface area contributed by atoms with Crippen molar-refractivity contribution in [3.05, 3.63) is 65.9 Å². The van der Waals surface area contributed by atoms with Crippen LogP contribution in [0.1, 0.15) is 73.2 Å². The number of nitrogens with two attached hydrogens (primary N) is 1. The number of aromatic nitrogens is 1.